The van der Waals surface area contributed by atoms with Crippen molar-refractivity contribution in [2.45, 2.75) is 27.3 Å². The molecule has 1 aromatic heterocycles. The molecule has 1 N–H and O–H groups in total. The summed E-state index contributed by atoms with van der Waals surface area (Å²) in [6, 6.07) is 12.7. The van der Waals surface area contributed by atoms with Crippen molar-refractivity contribution in [1.82, 2.24) is 9.55 Å². The smallest absolute Gasteiger partial charge is 0.133 e. The molecule has 3 aromatic rings. The van der Waals surface area contributed by atoms with Gasteiger partial charge in [-0.2, -0.15) is 0 Å². The highest BCUT2D eigenvalue weighted by Gasteiger charge is 2.09. The molecule has 23 heavy (non-hydrogen) atoms. The maximum absolute atomic E-state index is 9.39. The lowest BCUT2D eigenvalue weighted by molar-refractivity contribution is 0.277. The molecule has 0 aliphatic rings. The van der Waals surface area contributed by atoms with Crippen LogP contribution in [-0.4, -0.2) is 21.3 Å². The summed E-state index contributed by atoms with van der Waals surface area (Å²) in [4.78, 5) is 4.73. The van der Waals surface area contributed by atoms with E-state index in [0.717, 1.165) is 22.4 Å². The van der Waals surface area contributed by atoms with Crippen LogP contribution in [0.5, 0.6) is 0 Å². The average Bonchev–Trinajstić information content (AvgIpc) is 2.85. The Balaban J connectivity index is 2.05. The monoisotopic (exact) mass is 306 g/mol. The van der Waals surface area contributed by atoms with Gasteiger partial charge in [0.25, 0.3) is 0 Å². The SMILES string of the molecule is Cc1ccc(/C=C/c2nc3cc(C)c(C)cc3n2CCO)cc1. The van der Waals surface area contributed by atoms with Gasteiger partial charge in [-0.3, -0.25) is 0 Å². The molecule has 1 heterocycles. The van der Waals surface area contributed by atoms with E-state index in [2.05, 4.69) is 67.8 Å². The number of aryl methyl sites for hydroxylation is 3. The number of hydrogen-bond donors (Lipinski definition) is 1. The Morgan fingerprint density at radius 2 is 1.70 bits per heavy atom. The van der Waals surface area contributed by atoms with Gasteiger partial charge in [-0.1, -0.05) is 35.9 Å². The van der Waals surface area contributed by atoms with Crippen molar-refractivity contribution in [1.29, 1.82) is 0 Å². The van der Waals surface area contributed by atoms with Crippen LogP contribution in [0.15, 0.2) is 36.4 Å². The van der Waals surface area contributed by atoms with E-state index in [1.165, 1.54) is 16.7 Å². The number of aromatic nitrogens is 2. The summed E-state index contributed by atoms with van der Waals surface area (Å²) in [5.41, 5.74) is 6.92. The molecule has 0 atom stereocenters. The van der Waals surface area contributed by atoms with Crippen molar-refractivity contribution in [2.75, 3.05) is 6.61 Å². The summed E-state index contributed by atoms with van der Waals surface area (Å²) in [6.07, 6.45) is 4.08. The lowest BCUT2D eigenvalue weighted by Gasteiger charge is -2.06. The van der Waals surface area contributed by atoms with Crippen molar-refractivity contribution >= 4 is 23.2 Å². The molecule has 3 heteroatoms. The zero-order chi connectivity index (χ0) is 16.4. The largest absolute Gasteiger partial charge is 0.395 e. The second-order valence-electron chi connectivity index (χ2n) is 6.01. The quantitative estimate of drug-likeness (QED) is 0.787. The van der Waals surface area contributed by atoms with Gasteiger partial charge in [0.05, 0.1) is 17.6 Å². The summed E-state index contributed by atoms with van der Waals surface area (Å²) in [5, 5.41) is 9.39. The number of fused-ring (bicyclic) bond motifs is 1. The number of rotatable bonds is 4. The first kappa shape index (κ1) is 15.5. The molecule has 3 rings (SSSR count). The number of benzene rings is 2. The van der Waals surface area contributed by atoms with Crippen LogP contribution in [0.2, 0.25) is 0 Å². The first-order valence-electron chi connectivity index (χ1n) is 7.91. The normalized spacial score (nSPS) is 11.7. The molecular formula is C20H22N2O. The van der Waals surface area contributed by atoms with E-state index < -0.39 is 0 Å². The molecule has 0 fully saturated rings. The van der Waals surface area contributed by atoms with E-state index >= 15 is 0 Å². The van der Waals surface area contributed by atoms with Crippen molar-refractivity contribution < 1.29 is 5.11 Å². The van der Waals surface area contributed by atoms with Gasteiger partial charge in [-0.05, 0) is 55.7 Å². The van der Waals surface area contributed by atoms with Crippen LogP contribution in [0.1, 0.15) is 28.1 Å². The molecule has 118 valence electrons. The molecule has 0 bridgehead atoms. The zero-order valence-electron chi connectivity index (χ0n) is 13.9. The van der Waals surface area contributed by atoms with E-state index in [0.29, 0.717) is 6.54 Å². The summed E-state index contributed by atoms with van der Waals surface area (Å²) in [5.74, 6) is 0.875. The lowest BCUT2D eigenvalue weighted by Crippen LogP contribution is -2.04. The van der Waals surface area contributed by atoms with Crippen LogP contribution in [0, 0.1) is 20.8 Å². The van der Waals surface area contributed by atoms with Crippen LogP contribution in [0.25, 0.3) is 23.2 Å². The topological polar surface area (TPSA) is 38.0 Å². The molecule has 0 spiro atoms. The Morgan fingerprint density at radius 3 is 2.39 bits per heavy atom. The second-order valence-corrected chi connectivity index (χ2v) is 6.01. The second kappa shape index (κ2) is 6.39. The van der Waals surface area contributed by atoms with E-state index in [-0.39, 0.29) is 6.61 Å². The van der Waals surface area contributed by atoms with Crippen molar-refractivity contribution in [2.24, 2.45) is 0 Å². The van der Waals surface area contributed by atoms with Gasteiger partial charge in [-0.25, -0.2) is 4.98 Å². The molecule has 0 saturated heterocycles. The van der Waals surface area contributed by atoms with Gasteiger partial charge in [0, 0.05) is 6.54 Å². The van der Waals surface area contributed by atoms with E-state index in [9.17, 15) is 5.11 Å². The third-order valence-electron chi connectivity index (χ3n) is 4.22. The third-order valence-corrected chi connectivity index (χ3v) is 4.22. The van der Waals surface area contributed by atoms with E-state index in [1.807, 2.05) is 6.08 Å². The Labute approximate surface area is 136 Å². The number of imidazole rings is 1. The van der Waals surface area contributed by atoms with Crippen LogP contribution in [0.3, 0.4) is 0 Å². The highest BCUT2D eigenvalue weighted by molar-refractivity contribution is 5.81. The highest BCUT2D eigenvalue weighted by Crippen LogP contribution is 2.22. The molecule has 0 aliphatic heterocycles. The van der Waals surface area contributed by atoms with Gasteiger partial charge >= 0.3 is 0 Å². The predicted molar refractivity (Wildman–Crippen MR) is 96.4 cm³/mol. The van der Waals surface area contributed by atoms with Gasteiger partial charge < -0.3 is 9.67 Å². The fourth-order valence-electron chi connectivity index (χ4n) is 2.71. The van der Waals surface area contributed by atoms with Gasteiger partial charge in [0.2, 0.25) is 0 Å². The number of aliphatic hydroxyl groups excluding tert-OH is 1. The predicted octanol–water partition coefficient (Wildman–Crippen LogP) is 4.12. The molecular weight excluding hydrogens is 284 g/mol. The number of aliphatic hydroxyl groups is 1. The maximum Gasteiger partial charge on any atom is 0.133 e. The van der Waals surface area contributed by atoms with Gasteiger partial charge in [0.1, 0.15) is 5.82 Å². The minimum atomic E-state index is 0.101. The van der Waals surface area contributed by atoms with Crippen LogP contribution >= 0.6 is 0 Å². The Kier molecular flexibility index (Phi) is 4.30. The molecule has 0 radical (unpaired) electrons. The van der Waals surface area contributed by atoms with Gasteiger partial charge in [-0.15, -0.1) is 0 Å². The van der Waals surface area contributed by atoms with Crippen molar-refractivity contribution in [3.05, 3.63) is 64.5 Å². The molecule has 0 saturated carbocycles. The molecule has 0 aliphatic carbocycles. The average molecular weight is 306 g/mol. The Morgan fingerprint density at radius 1 is 1.00 bits per heavy atom. The lowest BCUT2D eigenvalue weighted by atomic mass is 10.1. The fourth-order valence-corrected chi connectivity index (χ4v) is 2.71. The third kappa shape index (κ3) is 3.20. The molecule has 0 amide bonds. The van der Waals surface area contributed by atoms with Crippen LogP contribution < -0.4 is 0 Å². The van der Waals surface area contributed by atoms with Crippen LogP contribution in [0.4, 0.5) is 0 Å². The maximum atomic E-state index is 9.39. The number of nitrogens with zero attached hydrogens (tertiary/aromatic N) is 2. The Hall–Kier alpha value is -2.39. The van der Waals surface area contributed by atoms with Gasteiger partial charge in [0.15, 0.2) is 0 Å². The summed E-state index contributed by atoms with van der Waals surface area (Å²) in [7, 11) is 0. The molecule has 3 nitrogen and oxygen atoms in total. The molecule has 0 unspecified atom stereocenters. The van der Waals surface area contributed by atoms with E-state index in [4.69, 9.17) is 4.98 Å². The summed E-state index contributed by atoms with van der Waals surface area (Å²) >= 11 is 0. The Bertz CT molecular complexity index is 857. The number of hydrogen-bond acceptors (Lipinski definition) is 2. The minimum Gasteiger partial charge on any atom is -0.395 e. The first-order chi connectivity index (χ1) is 11.1. The fraction of sp³-hybridized carbons (Fsp3) is 0.250. The first-order valence-corrected chi connectivity index (χ1v) is 7.91. The minimum absolute atomic E-state index is 0.101. The summed E-state index contributed by atoms with van der Waals surface area (Å²) in [6.45, 7) is 6.93. The standard InChI is InChI=1S/C20H22N2O/c1-14-4-6-17(7-5-14)8-9-20-21-18-12-15(2)16(3)13-19(18)22(20)10-11-23/h4-9,12-13,23H,10-11H2,1-3H3/b9-8+. The van der Waals surface area contributed by atoms with Crippen molar-refractivity contribution in [3.8, 4) is 0 Å². The van der Waals surface area contributed by atoms with Crippen LogP contribution in [-0.2, 0) is 6.54 Å². The summed E-state index contributed by atoms with van der Waals surface area (Å²) < 4.78 is 2.08. The highest BCUT2D eigenvalue weighted by atomic mass is 16.3. The van der Waals surface area contributed by atoms with Crippen molar-refractivity contribution in [3.63, 3.8) is 0 Å². The zero-order valence-corrected chi connectivity index (χ0v) is 13.9. The van der Waals surface area contributed by atoms with E-state index in [1.54, 1.807) is 0 Å². The molecule has 2 aromatic carbocycles.